The van der Waals surface area contributed by atoms with E-state index in [1.807, 2.05) is 32.0 Å². The number of hydroxylamine groups is 2. The summed E-state index contributed by atoms with van der Waals surface area (Å²) < 4.78 is 0. The van der Waals surface area contributed by atoms with Crippen LogP contribution in [0.4, 0.5) is 0 Å². The molecule has 0 saturated carbocycles. The molecule has 148 valence electrons. The molecule has 1 atom stereocenters. The second-order valence-electron chi connectivity index (χ2n) is 7.33. The van der Waals surface area contributed by atoms with Gasteiger partial charge in [-0.05, 0) is 62.9 Å². The number of rotatable bonds is 5. The molecule has 0 aromatic heterocycles. The molecule has 6 heteroatoms. The Balaban J connectivity index is 1.70. The Morgan fingerprint density at radius 2 is 1.75 bits per heavy atom. The number of nitrogens with zero attached hydrogens (tertiary/aromatic N) is 1. The minimum absolute atomic E-state index is 0.00184. The van der Waals surface area contributed by atoms with Crippen LogP contribution in [0.25, 0.3) is 0 Å². The second-order valence-corrected chi connectivity index (χ2v) is 8.14. The Morgan fingerprint density at radius 3 is 2.43 bits per heavy atom. The minimum Gasteiger partial charge on any atom is -0.361 e. The lowest BCUT2D eigenvalue weighted by atomic mass is 9.97. The van der Waals surface area contributed by atoms with E-state index in [4.69, 9.17) is 28.0 Å². The number of aryl methyl sites for hydroxylation is 2. The maximum Gasteiger partial charge on any atom is 0.398 e. The molecule has 1 aliphatic heterocycles. The van der Waals surface area contributed by atoms with Gasteiger partial charge in [0.1, 0.15) is 0 Å². The highest BCUT2D eigenvalue weighted by molar-refractivity contribution is 6.42. The lowest BCUT2D eigenvalue weighted by molar-refractivity contribution is -0.201. The Labute approximate surface area is 175 Å². The summed E-state index contributed by atoms with van der Waals surface area (Å²) in [5, 5.41) is 2.66. The molecule has 0 radical (unpaired) electrons. The van der Waals surface area contributed by atoms with Gasteiger partial charge < -0.3 is 4.84 Å². The third kappa shape index (κ3) is 5.13. The van der Waals surface area contributed by atoms with Gasteiger partial charge >= 0.3 is 5.97 Å². The van der Waals surface area contributed by atoms with E-state index in [1.165, 1.54) is 0 Å². The molecule has 0 unspecified atom stereocenters. The molecule has 0 bridgehead atoms. The number of ketones is 1. The number of Topliss-reactive ketones (excluding diaryl/α,β-unsaturated/α-hetero) is 1. The predicted molar refractivity (Wildman–Crippen MR) is 111 cm³/mol. The number of carbonyl (C=O) groups is 2. The van der Waals surface area contributed by atoms with E-state index in [1.54, 1.807) is 23.3 Å². The van der Waals surface area contributed by atoms with Crippen molar-refractivity contribution in [2.24, 2.45) is 0 Å². The zero-order valence-electron chi connectivity index (χ0n) is 16.0. The lowest BCUT2D eigenvalue weighted by Crippen LogP contribution is -2.43. The quantitative estimate of drug-likeness (QED) is 0.483. The number of halogens is 2. The molecule has 4 nitrogen and oxygen atoms in total. The summed E-state index contributed by atoms with van der Waals surface area (Å²) in [4.78, 5) is 30.5. The fourth-order valence-corrected chi connectivity index (χ4v) is 3.93. The molecule has 2 aromatic rings. The van der Waals surface area contributed by atoms with Crippen LogP contribution >= 0.6 is 23.2 Å². The highest BCUT2D eigenvalue weighted by Crippen LogP contribution is 2.26. The first-order valence-corrected chi connectivity index (χ1v) is 10.1. The summed E-state index contributed by atoms with van der Waals surface area (Å²) in [6.45, 7) is 4.40. The van der Waals surface area contributed by atoms with Crippen LogP contribution in [0, 0.1) is 13.8 Å². The number of piperidine rings is 1. The summed E-state index contributed by atoms with van der Waals surface area (Å²) in [6.07, 6.45) is 3.52. The summed E-state index contributed by atoms with van der Waals surface area (Å²) >= 11 is 12.1. The first-order valence-electron chi connectivity index (χ1n) is 9.39. The third-order valence-corrected chi connectivity index (χ3v) is 5.64. The normalized spacial score (nSPS) is 17.4. The molecule has 1 fully saturated rings. The molecule has 3 rings (SSSR count). The van der Waals surface area contributed by atoms with Crippen LogP contribution in [0.1, 0.15) is 46.3 Å². The Hall–Kier alpha value is -1.88. The van der Waals surface area contributed by atoms with Gasteiger partial charge in [0.25, 0.3) is 5.78 Å². The molecular weight excluding hydrogens is 397 g/mol. The van der Waals surface area contributed by atoms with Crippen molar-refractivity contribution < 1.29 is 14.4 Å². The van der Waals surface area contributed by atoms with Gasteiger partial charge in [-0.2, -0.15) is 0 Å². The molecule has 28 heavy (non-hydrogen) atoms. The van der Waals surface area contributed by atoms with Crippen molar-refractivity contribution in [3.8, 4) is 0 Å². The Kier molecular flexibility index (Phi) is 6.76. The van der Waals surface area contributed by atoms with E-state index in [-0.39, 0.29) is 6.04 Å². The van der Waals surface area contributed by atoms with Crippen LogP contribution in [0.3, 0.4) is 0 Å². The maximum absolute atomic E-state index is 12.5. The zero-order valence-corrected chi connectivity index (χ0v) is 17.5. The number of hydrogen-bond acceptors (Lipinski definition) is 4. The van der Waals surface area contributed by atoms with Gasteiger partial charge in [-0.25, -0.2) is 4.79 Å². The molecule has 0 N–H and O–H groups in total. The second kappa shape index (κ2) is 9.08. The standard InChI is InChI=1S/C22H23Cl2NO3/c1-14-9-15(2)11-17(10-14)21(26)22(27)28-25-8-4-3-5-18(25)12-16-6-7-19(23)20(24)13-16/h6-7,9-11,13,18H,3-5,8,12H2,1-2H3/t18-/m1/s1. The van der Waals surface area contributed by atoms with Crippen LogP contribution in [0.2, 0.25) is 10.0 Å². The molecule has 0 aliphatic carbocycles. The fraction of sp³-hybridized carbons (Fsp3) is 0.364. The molecule has 0 amide bonds. The highest BCUT2D eigenvalue weighted by Gasteiger charge is 2.29. The molecule has 1 aliphatic rings. The van der Waals surface area contributed by atoms with Gasteiger partial charge in [0, 0.05) is 12.1 Å². The molecule has 1 heterocycles. The van der Waals surface area contributed by atoms with Crippen molar-refractivity contribution in [2.45, 2.75) is 45.6 Å². The van der Waals surface area contributed by atoms with Gasteiger partial charge in [0.2, 0.25) is 0 Å². The summed E-state index contributed by atoms with van der Waals surface area (Å²) in [7, 11) is 0. The van der Waals surface area contributed by atoms with Gasteiger partial charge in [0.15, 0.2) is 0 Å². The number of hydrogen-bond donors (Lipinski definition) is 0. The first-order chi connectivity index (χ1) is 13.3. The van der Waals surface area contributed by atoms with E-state index in [2.05, 4.69) is 0 Å². The van der Waals surface area contributed by atoms with Crippen LogP contribution < -0.4 is 0 Å². The SMILES string of the molecule is Cc1cc(C)cc(C(=O)C(=O)ON2CCCC[C@@H]2Cc2ccc(Cl)c(Cl)c2)c1. The average Bonchev–Trinajstić information content (AvgIpc) is 2.65. The van der Waals surface area contributed by atoms with E-state index in [0.29, 0.717) is 28.6 Å². The van der Waals surface area contributed by atoms with Crippen LogP contribution in [-0.2, 0) is 16.1 Å². The Bertz CT molecular complexity index is 877. The predicted octanol–water partition coefficient (Wildman–Crippen LogP) is 5.35. The van der Waals surface area contributed by atoms with Crippen LogP contribution in [0.5, 0.6) is 0 Å². The van der Waals surface area contributed by atoms with Crippen molar-refractivity contribution in [1.82, 2.24) is 5.06 Å². The van der Waals surface area contributed by atoms with Gasteiger partial charge in [0.05, 0.1) is 16.1 Å². The van der Waals surface area contributed by atoms with Crippen LogP contribution in [-0.4, -0.2) is 29.4 Å². The monoisotopic (exact) mass is 419 g/mol. The van der Waals surface area contributed by atoms with E-state index < -0.39 is 11.8 Å². The van der Waals surface area contributed by atoms with E-state index in [0.717, 1.165) is 36.0 Å². The van der Waals surface area contributed by atoms with Crippen molar-refractivity contribution in [1.29, 1.82) is 0 Å². The van der Waals surface area contributed by atoms with E-state index >= 15 is 0 Å². The summed E-state index contributed by atoms with van der Waals surface area (Å²) in [6, 6.07) is 10.9. The zero-order chi connectivity index (χ0) is 20.3. The van der Waals surface area contributed by atoms with E-state index in [9.17, 15) is 9.59 Å². The number of benzene rings is 2. The van der Waals surface area contributed by atoms with Crippen molar-refractivity contribution >= 4 is 35.0 Å². The maximum atomic E-state index is 12.5. The number of carbonyl (C=O) groups excluding carboxylic acids is 2. The molecule has 0 spiro atoms. The average molecular weight is 420 g/mol. The van der Waals surface area contributed by atoms with Gasteiger partial charge in [-0.3, -0.25) is 4.79 Å². The van der Waals surface area contributed by atoms with Crippen molar-refractivity contribution in [3.63, 3.8) is 0 Å². The Morgan fingerprint density at radius 1 is 1.04 bits per heavy atom. The van der Waals surface area contributed by atoms with Crippen LogP contribution in [0.15, 0.2) is 36.4 Å². The fourth-order valence-electron chi connectivity index (χ4n) is 3.61. The largest absolute Gasteiger partial charge is 0.398 e. The molecule has 2 aromatic carbocycles. The third-order valence-electron chi connectivity index (χ3n) is 4.90. The molecule has 1 saturated heterocycles. The highest BCUT2D eigenvalue weighted by atomic mass is 35.5. The summed E-state index contributed by atoms with van der Waals surface area (Å²) in [5.74, 6) is -1.46. The molecular formula is C22H23Cl2NO3. The topological polar surface area (TPSA) is 46.6 Å². The van der Waals surface area contributed by atoms with Crippen molar-refractivity contribution in [2.75, 3.05) is 6.54 Å². The summed E-state index contributed by atoms with van der Waals surface area (Å²) in [5.41, 5.74) is 3.25. The lowest BCUT2D eigenvalue weighted by Gasteiger charge is -2.33. The minimum atomic E-state index is -0.842. The first kappa shape index (κ1) is 20.8. The van der Waals surface area contributed by atoms with Gasteiger partial charge in [-0.15, -0.1) is 5.06 Å². The van der Waals surface area contributed by atoms with Gasteiger partial charge in [-0.1, -0.05) is 52.9 Å². The smallest absolute Gasteiger partial charge is 0.361 e. The van der Waals surface area contributed by atoms with Crippen molar-refractivity contribution in [3.05, 3.63) is 68.7 Å².